The van der Waals surface area contributed by atoms with Crippen molar-refractivity contribution in [2.24, 2.45) is 0 Å². The standard InChI is InChI=1S/C44H38N2/c1-29-13-5-10-22-41(29)46(33-17-12-16-32(26-33)31-15-11-14-30(25-31)28-45-4)34-23-24-40-39(27-34)42-37-20-8-6-18-35(37)36-19-7-9-21-38(36)43(42)44(40,2)3/h5-27,45H,28H2,1-4H3. The zero-order valence-corrected chi connectivity index (χ0v) is 26.9. The summed E-state index contributed by atoms with van der Waals surface area (Å²) < 4.78 is 0. The molecule has 1 aliphatic rings. The molecule has 1 aliphatic carbocycles. The molecule has 46 heavy (non-hydrogen) atoms. The Kier molecular flexibility index (Phi) is 6.78. The van der Waals surface area contributed by atoms with Crippen LogP contribution >= 0.6 is 0 Å². The Balaban J connectivity index is 1.36. The highest BCUT2D eigenvalue weighted by molar-refractivity contribution is 6.18. The molecule has 0 aromatic heterocycles. The second kappa shape index (κ2) is 11.0. The number of aryl methyl sites for hydroxylation is 1. The van der Waals surface area contributed by atoms with E-state index in [0.717, 1.165) is 17.9 Å². The minimum absolute atomic E-state index is 0.126. The van der Waals surface area contributed by atoms with Gasteiger partial charge in [0.1, 0.15) is 0 Å². The Morgan fingerprint density at radius 3 is 1.98 bits per heavy atom. The van der Waals surface area contributed by atoms with E-state index in [1.807, 2.05) is 7.05 Å². The molecule has 2 nitrogen and oxygen atoms in total. The van der Waals surface area contributed by atoms with E-state index in [2.05, 4.69) is 171 Å². The average Bonchev–Trinajstić information content (AvgIpc) is 3.33. The second-order valence-corrected chi connectivity index (χ2v) is 13.1. The van der Waals surface area contributed by atoms with Crippen molar-refractivity contribution in [3.8, 4) is 22.3 Å². The molecule has 0 fully saturated rings. The van der Waals surface area contributed by atoms with Crippen molar-refractivity contribution in [1.29, 1.82) is 0 Å². The largest absolute Gasteiger partial charge is 0.316 e. The van der Waals surface area contributed by atoms with E-state index in [9.17, 15) is 0 Å². The Morgan fingerprint density at radius 2 is 1.22 bits per heavy atom. The Bertz CT molecular complexity index is 2280. The molecule has 1 N–H and O–H groups in total. The molecule has 7 aromatic carbocycles. The molecule has 0 saturated heterocycles. The minimum Gasteiger partial charge on any atom is -0.316 e. The summed E-state index contributed by atoms with van der Waals surface area (Å²) in [7, 11) is 1.99. The van der Waals surface area contributed by atoms with Gasteiger partial charge in [-0.15, -0.1) is 0 Å². The number of nitrogens with one attached hydrogen (secondary N) is 1. The van der Waals surface area contributed by atoms with Crippen molar-refractivity contribution < 1.29 is 0 Å². The van der Waals surface area contributed by atoms with Gasteiger partial charge in [0, 0.05) is 29.0 Å². The quantitative estimate of drug-likeness (QED) is 0.193. The molecule has 8 rings (SSSR count). The van der Waals surface area contributed by atoms with E-state index >= 15 is 0 Å². The van der Waals surface area contributed by atoms with Gasteiger partial charge in [0.15, 0.2) is 0 Å². The molecule has 0 saturated carbocycles. The second-order valence-electron chi connectivity index (χ2n) is 13.1. The maximum atomic E-state index is 3.29. The molecule has 2 heteroatoms. The van der Waals surface area contributed by atoms with Gasteiger partial charge in [-0.05, 0) is 116 Å². The Morgan fingerprint density at radius 1 is 0.587 bits per heavy atom. The highest BCUT2D eigenvalue weighted by Crippen LogP contribution is 2.55. The number of anilines is 3. The number of benzene rings is 7. The van der Waals surface area contributed by atoms with Crippen LogP contribution in [0.4, 0.5) is 17.1 Å². The van der Waals surface area contributed by atoms with Crippen molar-refractivity contribution in [2.45, 2.75) is 32.7 Å². The third kappa shape index (κ3) is 4.44. The van der Waals surface area contributed by atoms with E-state index in [0.29, 0.717) is 0 Å². The van der Waals surface area contributed by atoms with E-state index in [4.69, 9.17) is 0 Å². The molecule has 0 radical (unpaired) electrons. The summed E-state index contributed by atoms with van der Waals surface area (Å²) in [6, 6.07) is 51.6. The van der Waals surface area contributed by atoms with Crippen LogP contribution in [-0.2, 0) is 12.0 Å². The third-order valence-corrected chi connectivity index (χ3v) is 9.86. The van der Waals surface area contributed by atoms with Crippen LogP contribution < -0.4 is 10.2 Å². The first kappa shape index (κ1) is 28.3. The molecular formula is C44H38N2. The number of nitrogens with zero attached hydrogens (tertiary/aromatic N) is 1. The fourth-order valence-corrected chi connectivity index (χ4v) is 7.76. The first-order valence-corrected chi connectivity index (χ1v) is 16.2. The van der Waals surface area contributed by atoms with Gasteiger partial charge in [-0.25, -0.2) is 0 Å². The molecular weight excluding hydrogens is 556 g/mol. The summed E-state index contributed by atoms with van der Waals surface area (Å²) in [5.74, 6) is 0. The smallest absolute Gasteiger partial charge is 0.0490 e. The van der Waals surface area contributed by atoms with E-state index in [1.165, 1.54) is 71.7 Å². The van der Waals surface area contributed by atoms with Crippen LogP contribution in [0.3, 0.4) is 0 Å². The van der Waals surface area contributed by atoms with Crippen LogP contribution in [-0.4, -0.2) is 7.05 Å². The Hall–Kier alpha value is -5.18. The monoisotopic (exact) mass is 594 g/mol. The number of para-hydroxylation sites is 1. The predicted octanol–water partition coefficient (Wildman–Crippen LogP) is 11.5. The topological polar surface area (TPSA) is 15.3 Å². The zero-order chi connectivity index (χ0) is 31.4. The number of hydrogen-bond donors (Lipinski definition) is 1. The van der Waals surface area contributed by atoms with Crippen molar-refractivity contribution >= 4 is 38.6 Å². The summed E-state index contributed by atoms with van der Waals surface area (Å²) in [5.41, 5.74) is 13.8. The predicted molar refractivity (Wildman–Crippen MR) is 197 cm³/mol. The normalized spacial score (nSPS) is 13.1. The third-order valence-electron chi connectivity index (χ3n) is 9.86. The van der Waals surface area contributed by atoms with Crippen LogP contribution in [0.1, 0.15) is 36.1 Å². The highest BCUT2D eigenvalue weighted by atomic mass is 15.1. The molecule has 7 aromatic rings. The van der Waals surface area contributed by atoms with E-state index in [-0.39, 0.29) is 5.41 Å². The number of fused-ring (bicyclic) bond motifs is 8. The highest BCUT2D eigenvalue weighted by Gasteiger charge is 2.38. The summed E-state index contributed by atoms with van der Waals surface area (Å²) in [6.07, 6.45) is 0. The van der Waals surface area contributed by atoms with Crippen molar-refractivity contribution in [3.05, 3.63) is 162 Å². The van der Waals surface area contributed by atoms with Crippen molar-refractivity contribution in [2.75, 3.05) is 11.9 Å². The summed E-state index contributed by atoms with van der Waals surface area (Å²) in [6.45, 7) is 7.84. The Labute approximate surface area is 272 Å². The van der Waals surface area contributed by atoms with Crippen LogP contribution in [0.5, 0.6) is 0 Å². The van der Waals surface area contributed by atoms with Gasteiger partial charge in [0.2, 0.25) is 0 Å². The molecule has 0 unspecified atom stereocenters. The lowest BCUT2D eigenvalue weighted by atomic mass is 9.79. The molecule has 0 aliphatic heterocycles. The molecule has 0 amide bonds. The van der Waals surface area contributed by atoms with Crippen LogP contribution in [0.2, 0.25) is 0 Å². The molecule has 0 atom stereocenters. The van der Waals surface area contributed by atoms with Crippen LogP contribution in [0.25, 0.3) is 43.8 Å². The molecule has 224 valence electrons. The summed E-state index contributed by atoms with van der Waals surface area (Å²) in [4.78, 5) is 2.44. The minimum atomic E-state index is -0.126. The van der Waals surface area contributed by atoms with Gasteiger partial charge in [-0.3, -0.25) is 0 Å². The molecule has 0 bridgehead atoms. The fourth-order valence-electron chi connectivity index (χ4n) is 7.76. The maximum Gasteiger partial charge on any atom is 0.0490 e. The maximum absolute atomic E-state index is 3.29. The van der Waals surface area contributed by atoms with Gasteiger partial charge >= 0.3 is 0 Å². The van der Waals surface area contributed by atoms with Crippen molar-refractivity contribution in [3.63, 3.8) is 0 Å². The van der Waals surface area contributed by atoms with Gasteiger partial charge in [-0.1, -0.05) is 117 Å². The first-order chi connectivity index (χ1) is 22.5. The van der Waals surface area contributed by atoms with Gasteiger partial charge in [0.05, 0.1) is 0 Å². The fraction of sp³-hybridized carbons (Fsp3) is 0.136. The van der Waals surface area contributed by atoms with Crippen LogP contribution in [0, 0.1) is 6.92 Å². The summed E-state index contributed by atoms with van der Waals surface area (Å²) in [5, 5.41) is 8.61. The summed E-state index contributed by atoms with van der Waals surface area (Å²) >= 11 is 0. The average molecular weight is 595 g/mol. The van der Waals surface area contributed by atoms with Gasteiger partial charge in [0.25, 0.3) is 0 Å². The molecule has 0 heterocycles. The van der Waals surface area contributed by atoms with E-state index in [1.54, 1.807) is 0 Å². The lowest BCUT2D eigenvalue weighted by Crippen LogP contribution is -2.16. The number of hydrogen-bond acceptors (Lipinski definition) is 2. The zero-order valence-electron chi connectivity index (χ0n) is 26.9. The van der Waals surface area contributed by atoms with E-state index < -0.39 is 0 Å². The van der Waals surface area contributed by atoms with Gasteiger partial charge in [-0.2, -0.15) is 0 Å². The van der Waals surface area contributed by atoms with Gasteiger partial charge < -0.3 is 10.2 Å². The van der Waals surface area contributed by atoms with Crippen LogP contribution in [0.15, 0.2) is 140 Å². The SMILES string of the molecule is CNCc1cccc(-c2cccc(N(c3ccc4c(c3)-c3c(c5ccccc5c5ccccc35)C4(C)C)c3ccccc3C)c2)c1. The lowest BCUT2D eigenvalue weighted by molar-refractivity contribution is 0.666. The number of rotatable bonds is 6. The lowest BCUT2D eigenvalue weighted by Gasteiger charge is -2.29. The molecule has 0 spiro atoms. The first-order valence-electron chi connectivity index (χ1n) is 16.2. The van der Waals surface area contributed by atoms with Crippen molar-refractivity contribution in [1.82, 2.24) is 5.32 Å².